The van der Waals surface area contributed by atoms with Crippen LogP contribution in [0, 0.1) is 5.41 Å². The van der Waals surface area contributed by atoms with Crippen LogP contribution in [0.2, 0.25) is 0 Å². The molecule has 1 N–H and O–H groups in total. The zero-order valence-electron chi connectivity index (χ0n) is 11.2. The van der Waals surface area contributed by atoms with Crippen LogP contribution in [0.25, 0.3) is 0 Å². The van der Waals surface area contributed by atoms with Crippen LogP contribution in [0.5, 0.6) is 0 Å². The van der Waals surface area contributed by atoms with Gasteiger partial charge in [0.15, 0.2) is 0 Å². The number of rotatable bonds is 6. The lowest BCUT2D eigenvalue weighted by atomic mass is 9.88. The summed E-state index contributed by atoms with van der Waals surface area (Å²) in [5, 5.41) is 3.59. The Morgan fingerprint density at radius 2 is 2.19 bits per heavy atom. The third-order valence-electron chi connectivity index (χ3n) is 3.11. The van der Waals surface area contributed by atoms with Crippen LogP contribution in [-0.2, 0) is 4.74 Å². The molecule has 0 aromatic rings. The molecule has 1 aliphatic heterocycles. The normalized spacial score (nSPS) is 23.6. The van der Waals surface area contributed by atoms with Crippen molar-refractivity contribution in [2.75, 3.05) is 24.7 Å². The zero-order valence-corrected chi connectivity index (χ0v) is 12.0. The standard InChI is InChI=1S/C13H27NOS/c1-5-14-12(13(2,3)4)10-16-9-11-7-6-8-15-11/h11-12,14H,5-10H2,1-4H3. The lowest BCUT2D eigenvalue weighted by Crippen LogP contribution is -2.42. The fourth-order valence-corrected chi connectivity index (χ4v) is 3.47. The van der Waals surface area contributed by atoms with E-state index in [-0.39, 0.29) is 0 Å². The van der Waals surface area contributed by atoms with Crippen molar-refractivity contribution in [1.29, 1.82) is 0 Å². The van der Waals surface area contributed by atoms with E-state index in [0.29, 0.717) is 17.6 Å². The number of hydrogen-bond donors (Lipinski definition) is 1. The van der Waals surface area contributed by atoms with Gasteiger partial charge in [-0.15, -0.1) is 0 Å². The Balaban J connectivity index is 2.21. The Morgan fingerprint density at radius 3 is 2.69 bits per heavy atom. The van der Waals surface area contributed by atoms with E-state index >= 15 is 0 Å². The first kappa shape index (κ1) is 14.3. The highest BCUT2D eigenvalue weighted by molar-refractivity contribution is 7.99. The van der Waals surface area contributed by atoms with Crippen LogP contribution in [0.15, 0.2) is 0 Å². The molecule has 2 nitrogen and oxygen atoms in total. The van der Waals surface area contributed by atoms with Crippen LogP contribution in [0.1, 0.15) is 40.5 Å². The minimum Gasteiger partial charge on any atom is -0.377 e. The molecular weight excluding hydrogens is 218 g/mol. The lowest BCUT2D eigenvalue weighted by Gasteiger charge is -2.31. The molecule has 0 bridgehead atoms. The molecule has 1 fully saturated rings. The predicted molar refractivity (Wildman–Crippen MR) is 73.2 cm³/mol. The van der Waals surface area contributed by atoms with Gasteiger partial charge in [-0.05, 0) is 24.8 Å². The summed E-state index contributed by atoms with van der Waals surface area (Å²) >= 11 is 2.04. The van der Waals surface area contributed by atoms with Gasteiger partial charge in [0.25, 0.3) is 0 Å². The fourth-order valence-electron chi connectivity index (χ4n) is 1.95. The Labute approximate surface area is 105 Å². The number of hydrogen-bond acceptors (Lipinski definition) is 3. The quantitative estimate of drug-likeness (QED) is 0.777. The highest BCUT2D eigenvalue weighted by atomic mass is 32.2. The molecule has 2 atom stereocenters. The van der Waals surface area contributed by atoms with Gasteiger partial charge in [-0.1, -0.05) is 27.7 Å². The zero-order chi connectivity index (χ0) is 12.0. The summed E-state index contributed by atoms with van der Waals surface area (Å²) in [6.45, 7) is 11.2. The fraction of sp³-hybridized carbons (Fsp3) is 1.00. The number of ether oxygens (including phenoxy) is 1. The number of nitrogens with one attached hydrogen (secondary N) is 1. The van der Waals surface area contributed by atoms with Crippen molar-refractivity contribution in [3.8, 4) is 0 Å². The third kappa shape index (κ3) is 5.07. The van der Waals surface area contributed by atoms with Crippen molar-refractivity contribution in [2.24, 2.45) is 5.41 Å². The first-order valence-corrected chi connectivity index (χ1v) is 7.62. The van der Waals surface area contributed by atoms with Crippen LogP contribution >= 0.6 is 11.8 Å². The molecule has 2 unspecified atom stereocenters. The first-order valence-electron chi connectivity index (χ1n) is 6.46. The van der Waals surface area contributed by atoms with E-state index in [9.17, 15) is 0 Å². The third-order valence-corrected chi connectivity index (χ3v) is 4.28. The van der Waals surface area contributed by atoms with E-state index in [2.05, 4.69) is 33.0 Å². The molecule has 0 spiro atoms. The summed E-state index contributed by atoms with van der Waals surface area (Å²) in [6.07, 6.45) is 3.03. The summed E-state index contributed by atoms with van der Waals surface area (Å²) in [7, 11) is 0. The van der Waals surface area contributed by atoms with Crippen molar-refractivity contribution in [1.82, 2.24) is 5.32 Å². The Morgan fingerprint density at radius 1 is 1.44 bits per heavy atom. The molecule has 0 aliphatic carbocycles. The molecule has 1 aliphatic rings. The molecule has 0 aromatic carbocycles. The minimum absolute atomic E-state index is 0.347. The van der Waals surface area contributed by atoms with Crippen LogP contribution in [0.3, 0.4) is 0 Å². The molecular formula is C13H27NOS. The molecule has 0 amide bonds. The summed E-state index contributed by atoms with van der Waals surface area (Å²) in [6, 6.07) is 0.601. The van der Waals surface area contributed by atoms with Crippen molar-refractivity contribution in [3.05, 3.63) is 0 Å². The second-order valence-corrected chi connectivity index (χ2v) is 6.72. The van der Waals surface area contributed by atoms with Crippen molar-refractivity contribution in [2.45, 2.75) is 52.7 Å². The summed E-state index contributed by atoms with van der Waals surface area (Å²) < 4.78 is 5.64. The Hall–Kier alpha value is 0.270. The largest absolute Gasteiger partial charge is 0.377 e. The number of thioether (sulfide) groups is 1. The van der Waals surface area contributed by atoms with Crippen LogP contribution in [-0.4, -0.2) is 36.8 Å². The minimum atomic E-state index is 0.347. The smallest absolute Gasteiger partial charge is 0.0666 e. The maximum Gasteiger partial charge on any atom is 0.0666 e. The van der Waals surface area contributed by atoms with Crippen molar-refractivity contribution >= 4 is 11.8 Å². The molecule has 1 heterocycles. The SMILES string of the molecule is CCNC(CSCC1CCCO1)C(C)(C)C. The lowest BCUT2D eigenvalue weighted by molar-refractivity contribution is 0.129. The topological polar surface area (TPSA) is 21.3 Å². The highest BCUT2D eigenvalue weighted by Gasteiger charge is 2.24. The van der Waals surface area contributed by atoms with Crippen LogP contribution < -0.4 is 5.32 Å². The van der Waals surface area contributed by atoms with Gasteiger partial charge >= 0.3 is 0 Å². The Kier molecular flexibility index (Phi) is 6.16. The van der Waals surface area contributed by atoms with E-state index in [1.807, 2.05) is 11.8 Å². The average molecular weight is 245 g/mol. The average Bonchev–Trinajstić information content (AvgIpc) is 2.67. The van der Waals surface area contributed by atoms with Crippen molar-refractivity contribution < 1.29 is 4.74 Å². The van der Waals surface area contributed by atoms with Crippen molar-refractivity contribution in [3.63, 3.8) is 0 Å². The van der Waals surface area contributed by atoms with Crippen LogP contribution in [0.4, 0.5) is 0 Å². The molecule has 16 heavy (non-hydrogen) atoms. The summed E-state index contributed by atoms with van der Waals surface area (Å²) in [5.74, 6) is 2.36. The molecule has 1 saturated heterocycles. The van der Waals surface area contributed by atoms with Gasteiger partial charge in [-0.25, -0.2) is 0 Å². The highest BCUT2D eigenvalue weighted by Crippen LogP contribution is 2.24. The maximum absolute atomic E-state index is 5.64. The van der Waals surface area contributed by atoms with Gasteiger partial charge in [0, 0.05) is 24.2 Å². The van der Waals surface area contributed by atoms with E-state index in [1.54, 1.807) is 0 Å². The van der Waals surface area contributed by atoms with Gasteiger partial charge < -0.3 is 10.1 Å². The predicted octanol–water partition coefficient (Wildman–Crippen LogP) is 2.92. The molecule has 0 radical (unpaired) electrons. The molecule has 0 aromatic heterocycles. The van der Waals surface area contributed by atoms with Gasteiger partial charge in [-0.3, -0.25) is 0 Å². The second kappa shape index (κ2) is 6.87. The van der Waals surface area contributed by atoms with Gasteiger partial charge in [0.2, 0.25) is 0 Å². The first-order chi connectivity index (χ1) is 7.54. The van der Waals surface area contributed by atoms with E-state index in [1.165, 1.54) is 18.6 Å². The molecule has 3 heteroatoms. The maximum atomic E-state index is 5.64. The summed E-state index contributed by atoms with van der Waals surface area (Å²) in [5.41, 5.74) is 0.347. The second-order valence-electron chi connectivity index (χ2n) is 5.65. The van der Waals surface area contributed by atoms with E-state index in [4.69, 9.17) is 4.74 Å². The summed E-state index contributed by atoms with van der Waals surface area (Å²) in [4.78, 5) is 0. The molecule has 0 saturated carbocycles. The monoisotopic (exact) mass is 245 g/mol. The van der Waals surface area contributed by atoms with E-state index in [0.717, 1.165) is 18.9 Å². The van der Waals surface area contributed by atoms with Gasteiger partial charge in [0.05, 0.1) is 6.10 Å². The molecule has 96 valence electrons. The Bertz CT molecular complexity index is 185. The van der Waals surface area contributed by atoms with Gasteiger partial charge in [0.1, 0.15) is 0 Å². The van der Waals surface area contributed by atoms with Gasteiger partial charge in [-0.2, -0.15) is 11.8 Å². The van der Waals surface area contributed by atoms with E-state index < -0.39 is 0 Å². The molecule has 1 rings (SSSR count).